The van der Waals surface area contributed by atoms with Crippen molar-refractivity contribution in [1.29, 1.82) is 0 Å². The third-order valence-corrected chi connectivity index (χ3v) is 6.43. The molecule has 0 saturated carbocycles. The second kappa shape index (κ2) is 8.38. The first-order chi connectivity index (χ1) is 14.2. The van der Waals surface area contributed by atoms with Gasteiger partial charge < -0.3 is 14.9 Å². The van der Waals surface area contributed by atoms with E-state index in [1.165, 1.54) is 30.5 Å². The largest absolute Gasteiger partial charge is 0.486 e. The molecular formula is C20H18FN3O5S. The smallest absolute Gasteiger partial charge is 0.244 e. The Morgan fingerprint density at radius 1 is 1.43 bits per heavy atom. The molecule has 2 N–H and O–H groups in total. The molecule has 1 saturated heterocycles. The molecule has 0 amide bonds. The van der Waals surface area contributed by atoms with Gasteiger partial charge in [-0.2, -0.15) is 4.31 Å². The van der Waals surface area contributed by atoms with Crippen LogP contribution in [0.25, 0.3) is 4.85 Å². The lowest BCUT2D eigenvalue weighted by molar-refractivity contribution is -0.0641. The number of nitrogens with zero attached hydrogens (tertiary/aromatic N) is 3. The summed E-state index contributed by atoms with van der Waals surface area (Å²) in [5.74, 6) is 4.57. The van der Waals surface area contributed by atoms with E-state index in [1.807, 2.05) is 0 Å². The number of ether oxygens (including phenoxy) is 1. The van der Waals surface area contributed by atoms with Gasteiger partial charge in [0.1, 0.15) is 33.9 Å². The van der Waals surface area contributed by atoms with E-state index in [2.05, 4.69) is 21.7 Å². The zero-order valence-corrected chi connectivity index (χ0v) is 16.7. The Labute approximate surface area is 173 Å². The third kappa shape index (κ3) is 4.13. The van der Waals surface area contributed by atoms with E-state index in [0.29, 0.717) is 5.69 Å². The summed E-state index contributed by atoms with van der Waals surface area (Å²) in [6, 6.07) is 6.34. The number of aliphatic hydroxyl groups is 2. The highest BCUT2D eigenvalue weighted by molar-refractivity contribution is 7.89. The molecule has 2 aromatic rings. The van der Waals surface area contributed by atoms with Crippen molar-refractivity contribution in [3.63, 3.8) is 0 Å². The number of aliphatic hydroxyl groups excluding tert-OH is 1. The van der Waals surface area contributed by atoms with Crippen LogP contribution in [0.3, 0.4) is 0 Å². The molecule has 3 rings (SSSR count). The molecule has 0 radical (unpaired) electrons. The normalized spacial score (nSPS) is 21.5. The van der Waals surface area contributed by atoms with Crippen molar-refractivity contribution < 1.29 is 27.8 Å². The van der Waals surface area contributed by atoms with E-state index in [4.69, 9.17) is 11.3 Å². The van der Waals surface area contributed by atoms with Crippen LogP contribution >= 0.6 is 0 Å². The van der Waals surface area contributed by atoms with Crippen molar-refractivity contribution in [2.24, 2.45) is 0 Å². The Hall–Kier alpha value is -3.02. The van der Waals surface area contributed by atoms with Gasteiger partial charge in [0.25, 0.3) is 0 Å². The van der Waals surface area contributed by atoms with Crippen molar-refractivity contribution in [3.8, 4) is 17.6 Å². The zero-order chi connectivity index (χ0) is 21.9. The maximum absolute atomic E-state index is 13.8. The molecule has 0 spiro atoms. The van der Waals surface area contributed by atoms with E-state index in [9.17, 15) is 23.0 Å². The molecule has 1 aromatic heterocycles. The zero-order valence-electron chi connectivity index (χ0n) is 15.9. The van der Waals surface area contributed by atoms with E-state index < -0.39 is 40.7 Å². The van der Waals surface area contributed by atoms with E-state index in [1.54, 1.807) is 6.92 Å². The Kier molecular flexibility index (Phi) is 6.06. The second-order valence-electron chi connectivity index (χ2n) is 6.64. The third-order valence-electron chi connectivity index (χ3n) is 4.64. The van der Waals surface area contributed by atoms with E-state index in [0.717, 1.165) is 10.4 Å². The lowest BCUT2D eigenvalue weighted by atomic mass is 10.0. The standard InChI is InChI=1S/C20H18FN3O5S/c1-3-4-14-5-7-16(10-23-14)30(27,28)24-11-19(20(26,12-24)13-25)29-15-6-8-18(22-2)17(21)9-15/h5-10,19,25-26H,11-13H2,1H3/t19-,20+/m0/s1. The number of rotatable bonds is 5. The molecule has 1 aliphatic rings. The molecule has 30 heavy (non-hydrogen) atoms. The molecule has 0 bridgehead atoms. The van der Waals surface area contributed by atoms with Gasteiger partial charge in [-0.05, 0) is 37.1 Å². The summed E-state index contributed by atoms with van der Waals surface area (Å²) in [6.45, 7) is 7.04. The lowest BCUT2D eigenvalue weighted by Gasteiger charge is -2.27. The predicted molar refractivity (Wildman–Crippen MR) is 105 cm³/mol. The van der Waals surface area contributed by atoms with Gasteiger partial charge in [0.2, 0.25) is 15.7 Å². The monoisotopic (exact) mass is 431 g/mol. The average Bonchev–Trinajstić information content (AvgIpc) is 3.06. The number of hydrogen-bond donors (Lipinski definition) is 2. The summed E-state index contributed by atoms with van der Waals surface area (Å²) in [7, 11) is -4.04. The highest BCUT2D eigenvalue weighted by atomic mass is 32.2. The Morgan fingerprint density at radius 2 is 2.20 bits per heavy atom. The fourth-order valence-electron chi connectivity index (χ4n) is 3.01. The topological polar surface area (TPSA) is 104 Å². The van der Waals surface area contributed by atoms with Crippen molar-refractivity contribution in [1.82, 2.24) is 9.29 Å². The van der Waals surface area contributed by atoms with Gasteiger partial charge in [0, 0.05) is 18.8 Å². The van der Waals surface area contributed by atoms with Crippen LogP contribution in [0, 0.1) is 24.2 Å². The first-order valence-corrected chi connectivity index (χ1v) is 10.2. The van der Waals surface area contributed by atoms with Crippen LogP contribution in [0.1, 0.15) is 12.6 Å². The first kappa shape index (κ1) is 21.7. The minimum Gasteiger partial charge on any atom is -0.486 e. The van der Waals surface area contributed by atoms with Crippen LogP contribution in [0.4, 0.5) is 10.1 Å². The van der Waals surface area contributed by atoms with Gasteiger partial charge in [-0.15, -0.1) is 0 Å². The maximum Gasteiger partial charge on any atom is 0.244 e. The Morgan fingerprint density at radius 3 is 2.77 bits per heavy atom. The first-order valence-electron chi connectivity index (χ1n) is 8.79. The summed E-state index contributed by atoms with van der Waals surface area (Å²) in [6.07, 6.45) is 0.00766. The quantitative estimate of drug-likeness (QED) is 0.547. The van der Waals surface area contributed by atoms with Crippen LogP contribution in [0.5, 0.6) is 5.75 Å². The van der Waals surface area contributed by atoms with Crippen molar-refractivity contribution >= 4 is 15.7 Å². The molecule has 2 heterocycles. The minimum absolute atomic E-state index is 0.000169. The summed E-state index contributed by atoms with van der Waals surface area (Å²) in [5.41, 5.74) is -1.68. The highest BCUT2D eigenvalue weighted by Crippen LogP contribution is 2.32. The second-order valence-corrected chi connectivity index (χ2v) is 8.58. The Bertz CT molecular complexity index is 1150. The number of hydrogen-bond acceptors (Lipinski definition) is 6. The summed E-state index contributed by atoms with van der Waals surface area (Å²) in [5, 5.41) is 20.4. The summed E-state index contributed by atoms with van der Waals surface area (Å²) >= 11 is 0. The van der Waals surface area contributed by atoms with E-state index in [-0.39, 0.29) is 22.9 Å². The van der Waals surface area contributed by atoms with Gasteiger partial charge >= 0.3 is 0 Å². The highest BCUT2D eigenvalue weighted by Gasteiger charge is 2.50. The minimum atomic E-state index is -4.04. The molecule has 1 aromatic carbocycles. The molecule has 2 atom stereocenters. The maximum atomic E-state index is 13.8. The number of benzene rings is 1. The molecule has 156 valence electrons. The van der Waals surface area contributed by atoms with Crippen LogP contribution in [-0.2, 0) is 10.0 Å². The van der Waals surface area contributed by atoms with Crippen LogP contribution in [-0.4, -0.2) is 59.3 Å². The van der Waals surface area contributed by atoms with Gasteiger partial charge in [-0.1, -0.05) is 5.92 Å². The lowest BCUT2D eigenvalue weighted by Crippen LogP contribution is -2.48. The number of pyridine rings is 1. The average molecular weight is 431 g/mol. The van der Waals surface area contributed by atoms with Gasteiger partial charge in [0.05, 0.1) is 19.7 Å². The number of β-amino-alcohol motifs (C(OH)–C–C–N with tert-alkyl or cyclic N) is 1. The van der Waals surface area contributed by atoms with Gasteiger partial charge in [0.15, 0.2) is 0 Å². The molecule has 8 nitrogen and oxygen atoms in total. The number of aromatic nitrogens is 1. The fraction of sp³-hybridized carbons (Fsp3) is 0.300. The molecule has 10 heteroatoms. The summed E-state index contributed by atoms with van der Waals surface area (Å²) < 4.78 is 46.3. The molecule has 1 aliphatic heterocycles. The van der Waals surface area contributed by atoms with Crippen LogP contribution < -0.4 is 4.74 Å². The molecule has 1 fully saturated rings. The predicted octanol–water partition coefficient (Wildman–Crippen LogP) is 1.32. The Balaban J connectivity index is 1.85. The fourth-order valence-corrected chi connectivity index (χ4v) is 4.46. The number of sulfonamides is 1. The van der Waals surface area contributed by atoms with Gasteiger partial charge in [-0.25, -0.2) is 22.6 Å². The SMILES string of the molecule is [C-]#[N+]c1ccc(O[C@H]2CN(S(=O)(=O)c3ccc(C#CC)nc3)C[C@@]2(O)CO)cc1F. The molecule has 0 aliphatic carbocycles. The number of halogens is 1. The van der Waals surface area contributed by atoms with Crippen LogP contribution in [0.2, 0.25) is 0 Å². The molecular weight excluding hydrogens is 413 g/mol. The molecule has 0 unspecified atom stereocenters. The summed E-state index contributed by atoms with van der Waals surface area (Å²) in [4.78, 5) is 6.90. The van der Waals surface area contributed by atoms with Crippen LogP contribution in [0.15, 0.2) is 41.4 Å². The van der Waals surface area contributed by atoms with Crippen molar-refractivity contribution in [2.75, 3.05) is 19.7 Å². The van der Waals surface area contributed by atoms with Gasteiger partial charge in [-0.3, -0.25) is 0 Å². The van der Waals surface area contributed by atoms with Crippen molar-refractivity contribution in [2.45, 2.75) is 23.5 Å². The van der Waals surface area contributed by atoms with E-state index >= 15 is 0 Å². The van der Waals surface area contributed by atoms with Crippen molar-refractivity contribution in [3.05, 3.63) is 59.5 Å².